The summed E-state index contributed by atoms with van der Waals surface area (Å²) in [6.07, 6.45) is -1.69. The highest BCUT2D eigenvalue weighted by atomic mass is 35.5. The van der Waals surface area contributed by atoms with Crippen molar-refractivity contribution in [2.45, 2.75) is 40.0 Å². The van der Waals surface area contributed by atoms with Crippen molar-refractivity contribution in [3.8, 4) is 0 Å². The first-order chi connectivity index (χ1) is 16.8. The molecule has 2 atom stereocenters. The molecule has 0 bridgehead atoms. The summed E-state index contributed by atoms with van der Waals surface area (Å²) in [7, 11) is -4.14. The van der Waals surface area contributed by atoms with E-state index in [9.17, 15) is 18.0 Å². The Balaban J connectivity index is 2.04. The average molecular weight is 529 g/mol. The van der Waals surface area contributed by atoms with Crippen LogP contribution in [-0.4, -0.2) is 43.6 Å². The molecule has 0 saturated carbocycles. The minimum absolute atomic E-state index is 0.262. The molecule has 1 aliphatic heterocycles. The first-order valence-electron chi connectivity index (χ1n) is 11.5. The van der Waals surface area contributed by atoms with Crippen LogP contribution >= 0.6 is 11.6 Å². The van der Waals surface area contributed by atoms with Crippen LogP contribution in [0.5, 0.6) is 0 Å². The van der Waals surface area contributed by atoms with Crippen LogP contribution in [0.3, 0.4) is 0 Å². The SMILES string of the molecule is CC(=O)N(C1OC(c2cccc3ccccc23)c2cc(Cl)ccc2N(CC(C)(C)C)C1=O)S(C)(=O)=O. The lowest BCUT2D eigenvalue weighted by Crippen LogP contribution is -2.54. The summed E-state index contributed by atoms with van der Waals surface area (Å²) in [6, 6.07) is 18.6. The number of carbonyl (C=O) groups excluding carboxylic acids is 2. The van der Waals surface area contributed by atoms with Crippen molar-refractivity contribution in [3.63, 3.8) is 0 Å². The van der Waals surface area contributed by atoms with E-state index in [-0.39, 0.29) is 12.0 Å². The predicted octanol–water partition coefficient (Wildman–Crippen LogP) is 5.13. The third-order valence-corrected chi connectivity index (χ3v) is 7.32. The number of hydrogen-bond acceptors (Lipinski definition) is 5. The van der Waals surface area contributed by atoms with Crippen LogP contribution < -0.4 is 4.90 Å². The van der Waals surface area contributed by atoms with E-state index in [0.29, 0.717) is 20.6 Å². The Hall–Kier alpha value is -2.94. The van der Waals surface area contributed by atoms with Crippen LogP contribution in [0.4, 0.5) is 5.69 Å². The minimum Gasteiger partial charge on any atom is -0.335 e. The Bertz CT molecular complexity index is 1440. The van der Waals surface area contributed by atoms with Crippen molar-refractivity contribution in [2.75, 3.05) is 17.7 Å². The summed E-state index contributed by atoms with van der Waals surface area (Å²) < 4.78 is 32.4. The highest BCUT2D eigenvalue weighted by molar-refractivity contribution is 7.88. The summed E-state index contributed by atoms with van der Waals surface area (Å²) in [5, 5.41) is 2.27. The second kappa shape index (κ2) is 9.50. The summed E-state index contributed by atoms with van der Waals surface area (Å²) in [5.74, 6) is -1.45. The van der Waals surface area contributed by atoms with Gasteiger partial charge in [0.1, 0.15) is 6.10 Å². The van der Waals surface area contributed by atoms with Crippen LogP contribution in [0.25, 0.3) is 10.8 Å². The standard InChI is InChI=1S/C27H29ClN2O5S/c1-17(31)30(36(5,33)34)26-25(32)29(16-27(2,3)4)23-14-13-19(28)15-22(23)24(35-26)21-12-8-10-18-9-6-7-11-20(18)21/h6-15,24,26H,16H2,1-5H3. The zero-order chi connectivity index (χ0) is 26.4. The van der Waals surface area contributed by atoms with Crippen LogP contribution in [-0.2, 0) is 24.3 Å². The van der Waals surface area contributed by atoms with E-state index in [1.807, 2.05) is 63.2 Å². The summed E-state index contributed by atoms with van der Waals surface area (Å²) in [5.41, 5.74) is 1.54. The summed E-state index contributed by atoms with van der Waals surface area (Å²) in [4.78, 5) is 28.1. The van der Waals surface area contributed by atoms with E-state index in [1.54, 1.807) is 18.2 Å². The molecule has 3 aromatic carbocycles. The average Bonchev–Trinajstić information content (AvgIpc) is 2.87. The van der Waals surface area contributed by atoms with Gasteiger partial charge in [0.05, 0.1) is 11.9 Å². The molecule has 4 rings (SSSR count). The predicted molar refractivity (Wildman–Crippen MR) is 141 cm³/mol. The Kier molecular flexibility index (Phi) is 6.90. The maximum absolute atomic E-state index is 14.0. The quantitative estimate of drug-likeness (QED) is 0.469. The van der Waals surface area contributed by atoms with Crippen LogP contribution in [0, 0.1) is 5.41 Å². The minimum atomic E-state index is -4.14. The Morgan fingerprint density at radius 3 is 2.36 bits per heavy atom. The molecule has 0 saturated heterocycles. The number of nitrogens with zero attached hydrogens (tertiary/aromatic N) is 2. The number of anilines is 1. The lowest BCUT2D eigenvalue weighted by atomic mass is 9.93. The Morgan fingerprint density at radius 1 is 1.06 bits per heavy atom. The number of sulfonamides is 1. The van der Waals surface area contributed by atoms with Crippen molar-refractivity contribution >= 4 is 49.9 Å². The van der Waals surface area contributed by atoms with Crippen LogP contribution in [0.2, 0.25) is 5.02 Å². The van der Waals surface area contributed by atoms with Crippen LogP contribution in [0.15, 0.2) is 60.7 Å². The van der Waals surface area contributed by atoms with Gasteiger partial charge in [-0.15, -0.1) is 0 Å². The molecule has 1 aliphatic rings. The molecule has 190 valence electrons. The van der Waals surface area contributed by atoms with Crippen molar-refractivity contribution < 1.29 is 22.7 Å². The molecule has 7 nitrogen and oxygen atoms in total. The molecule has 0 aliphatic carbocycles. The van der Waals surface area contributed by atoms with Crippen molar-refractivity contribution in [1.82, 2.24) is 4.31 Å². The van der Waals surface area contributed by atoms with E-state index in [0.717, 1.165) is 29.5 Å². The molecule has 0 aromatic heterocycles. The number of carbonyl (C=O) groups is 2. The largest absolute Gasteiger partial charge is 0.335 e. The van der Waals surface area contributed by atoms with Gasteiger partial charge in [-0.1, -0.05) is 74.8 Å². The molecule has 0 spiro atoms. The van der Waals surface area contributed by atoms with E-state index in [1.165, 1.54) is 4.90 Å². The molecule has 2 unspecified atom stereocenters. The number of benzene rings is 3. The van der Waals surface area contributed by atoms with Crippen molar-refractivity contribution in [2.24, 2.45) is 5.41 Å². The fourth-order valence-corrected chi connectivity index (χ4v) is 5.71. The van der Waals surface area contributed by atoms with Gasteiger partial charge in [-0.25, -0.2) is 12.7 Å². The van der Waals surface area contributed by atoms with Gasteiger partial charge in [0.15, 0.2) is 0 Å². The summed E-state index contributed by atoms with van der Waals surface area (Å²) >= 11 is 6.42. The fourth-order valence-electron chi connectivity index (χ4n) is 4.58. The first kappa shape index (κ1) is 26.1. The van der Waals surface area contributed by atoms with Crippen LogP contribution in [0.1, 0.15) is 44.9 Å². The van der Waals surface area contributed by atoms with Crippen molar-refractivity contribution in [1.29, 1.82) is 0 Å². The van der Waals surface area contributed by atoms with E-state index in [4.69, 9.17) is 16.3 Å². The van der Waals surface area contributed by atoms with Gasteiger partial charge in [-0.05, 0) is 39.9 Å². The number of amides is 2. The summed E-state index contributed by atoms with van der Waals surface area (Å²) in [6.45, 7) is 7.28. The molecular formula is C27H29ClN2O5S. The van der Waals surface area contributed by atoms with Gasteiger partial charge in [0.25, 0.3) is 5.91 Å². The number of ether oxygens (including phenoxy) is 1. The van der Waals surface area contributed by atoms with E-state index < -0.39 is 34.2 Å². The molecule has 0 N–H and O–H groups in total. The van der Waals surface area contributed by atoms with Crippen molar-refractivity contribution in [3.05, 3.63) is 76.8 Å². The maximum Gasteiger partial charge on any atom is 0.278 e. The normalized spacial score (nSPS) is 18.6. The molecule has 2 amide bonds. The first-order valence-corrected chi connectivity index (χ1v) is 13.7. The molecule has 1 heterocycles. The van der Waals surface area contributed by atoms with E-state index >= 15 is 0 Å². The topological polar surface area (TPSA) is 84.0 Å². The zero-order valence-electron chi connectivity index (χ0n) is 20.9. The van der Waals surface area contributed by atoms with Gasteiger partial charge in [-0.2, -0.15) is 0 Å². The van der Waals surface area contributed by atoms with Gasteiger partial charge in [0, 0.05) is 24.1 Å². The molecule has 3 aromatic rings. The number of fused-ring (bicyclic) bond motifs is 2. The molecule has 9 heteroatoms. The lowest BCUT2D eigenvalue weighted by Gasteiger charge is -2.34. The highest BCUT2D eigenvalue weighted by Gasteiger charge is 2.45. The second-order valence-electron chi connectivity index (χ2n) is 10.2. The van der Waals surface area contributed by atoms with Gasteiger partial charge < -0.3 is 9.64 Å². The third-order valence-electron chi connectivity index (χ3n) is 5.92. The highest BCUT2D eigenvalue weighted by Crippen LogP contribution is 2.43. The fraction of sp³-hybridized carbons (Fsp3) is 0.333. The number of halogens is 1. The Labute approximate surface area is 216 Å². The molecule has 0 radical (unpaired) electrons. The van der Waals surface area contributed by atoms with Gasteiger partial charge in [0.2, 0.25) is 22.2 Å². The zero-order valence-corrected chi connectivity index (χ0v) is 22.4. The molecule has 36 heavy (non-hydrogen) atoms. The molecule has 0 fully saturated rings. The number of hydrogen-bond donors (Lipinski definition) is 0. The van der Waals surface area contributed by atoms with E-state index in [2.05, 4.69) is 0 Å². The Morgan fingerprint density at radius 2 is 1.72 bits per heavy atom. The third kappa shape index (κ3) is 5.12. The van der Waals surface area contributed by atoms with Gasteiger partial charge >= 0.3 is 0 Å². The monoisotopic (exact) mass is 528 g/mol. The lowest BCUT2D eigenvalue weighted by molar-refractivity contribution is -0.151. The number of rotatable bonds is 4. The second-order valence-corrected chi connectivity index (χ2v) is 12.5. The smallest absolute Gasteiger partial charge is 0.278 e. The van der Waals surface area contributed by atoms with Gasteiger partial charge in [-0.3, -0.25) is 9.59 Å². The maximum atomic E-state index is 14.0. The molecular weight excluding hydrogens is 500 g/mol.